The quantitative estimate of drug-likeness (QED) is 0.683. The zero-order valence-corrected chi connectivity index (χ0v) is 16.6. The molecule has 0 aromatic heterocycles. The molecule has 148 valence electrons. The van der Waals surface area contributed by atoms with Gasteiger partial charge in [0.15, 0.2) is 0 Å². The van der Waals surface area contributed by atoms with E-state index < -0.39 is 0 Å². The van der Waals surface area contributed by atoms with Crippen LogP contribution in [0.15, 0.2) is 48.5 Å². The number of nitrogens with two attached hydrogens (primary N) is 1. The van der Waals surface area contributed by atoms with Crippen LogP contribution in [0, 0.1) is 0 Å². The SMILES string of the molecule is COc1cccc(C(NC(=O)CC(CN)OC)c2cccc(OC)c2)c1.Cl. The summed E-state index contributed by atoms with van der Waals surface area (Å²) in [6, 6.07) is 14.9. The van der Waals surface area contributed by atoms with Gasteiger partial charge in [0.25, 0.3) is 0 Å². The van der Waals surface area contributed by atoms with E-state index in [1.807, 2.05) is 48.5 Å². The lowest BCUT2D eigenvalue weighted by molar-refractivity contribution is -0.123. The number of methoxy groups -OCH3 is 3. The summed E-state index contributed by atoms with van der Waals surface area (Å²) in [6.45, 7) is 0.285. The molecule has 0 bridgehead atoms. The first-order chi connectivity index (χ1) is 12.6. The molecule has 0 spiro atoms. The predicted octanol–water partition coefficient (Wildman–Crippen LogP) is 2.70. The van der Waals surface area contributed by atoms with Crippen LogP contribution in [0.1, 0.15) is 23.6 Å². The van der Waals surface area contributed by atoms with Gasteiger partial charge in [-0.05, 0) is 35.4 Å². The molecule has 3 N–H and O–H groups in total. The molecule has 0 radical (unpaired) electrons. The van der Waals surface area contributed by atoms with Crippen LogP contribution in [0.25, 0.3) is 0 Å². The van der Waals surface area contributed by atoms with Gasteiger partial charge < -0.3 is 25.3 Å². The van der Waals surface area contributed by atoms with Crippen LogP contribution in [0.2, 0.25) is 0 Å². The maximum atomic E-state index is 12.5. The summed E-state index contributed by atoms with van der Waals surface area (Å²) < 4.78 is 15.8. The first-order valence-electron chi connectivity index (χ1n) is 8.41. The number of amides is 1. The van der Waals surface area contributed by atoms with Crippen molar-refractivity contribution < 1.29 is 19.0 Å². The summed E-state index contributed by atoms with van der Waals surface area (Å²) >= 11 is 0. The Morgan fingerprint density at radius 1 is 1.00 bits per heavy atom. The highest BCUT2D eigenvalue weighted by atomic mass is 35.5. The Balaban J connectivity index is 0.00000364. The highest BCUT2D eigenvalue weighted by Gasteiger charge is 2.20. The Kier molecular flexibility index (Phi) is 9.64. The van der Waals surface area contributed by atoms with Gasteiger partial charge >= 0.3 is 0 Å². The molecular weight excluding hydrogens is 368 g/mol. The first-order valence-corrected chi connectivity index (χ1v) is 8.41. The highest BCUT2D eigenvalue weighted by molar-refractivity contribution is 5.85. The van der Waals surface area contributed by atoms with Gasteiger partial charge in [-0.3, -0.25) is 4.79 Å². The molecule has 0 aliphatic heterocycles. The van der Waals surface area contributed by atoms with E-state index in [1.54, 1.807) is 21.3 Å². The van der Waals surface area contributed by atoms with Crippen molar-refractivity contribution in [2.75, 3.05) is 27.9 Å². The number of ether oxygens (including phenoxy) is 3. The minimum atomic E-state index is -0.344. The van der Waals surface area contributed by atoms with Gasteiger partial charge in [0.05, 0.1) is 32.8 Å². The molecule has 2 rings (SSSR count). The van der Waals surface area contributed by atoms with E-state index in [4.69, 9.17) is 19.9 Å². The van der Waals surface area contributed by atoms with Crippen molar-refractivity contribution in [2.45, 2.75) is 18.6 Å². The van der Waals surface area contributed by atoms with Crippen LogP contribution < -0.4 is 20.5 Å². The molecule has 0 aliphatic carbocycles. The fraction of sp³-hybridized carbons (Fsp3) is 0.350. The van der Waals surface area contributed by atoms with Crippen molar-refractivity contribution in [2.24, 2.45) is 5.73 Å². The third-order valence-electron chi connectivity index (χ3n) is 4.17. The number of rotatable bonds is 9. The van der Waals surface area contributed by atoms with Gasteiger partial charge in [0, 0.05) is 13.7 Å². The summed E-state index contributed by atoms with van der Waals surface area (Å²) in [5, 5.41) is 3.07. The summed E-state index contributed by atoms with van der Waals surface area (Å²) in [4.78, 5) is 12.5. The number of hydrogen-bond donors (Lipinski definition) is 2. The van der Waals surface area contributed by atoms with Crippen molar-refractivity contribution in [3.63, 3.8) is 0 Å². The van der Waals surface area contributed by atoms with Gasteiger partial charge in [0.1, 0.15) is 11.5 Å². The fourth-order valence-corrected chi connectivity index (χ4v) is 2.69. The molecule has 0 fully saturated rings. The Labute approximate surface area is 166 Å². The van der Waals surface area contributed by atoms with E-state index in [9.17, 15) is 4.79 Å². The van der Waals surface area contributed by atoms with Gasteiger partial charge in [-0.25, -0.2) is 0 Å². The number of carbonyl (C=O) groups is 1. The second-order valence-corrected chi connectivity index (χ2v) is 5.85. The summed E-state index contributed by atoms with van der Waals surface area (Å²) in [5.41, 5.74) is 7.44. The van der Waals surface area contributed by atoms with E-state index in [1.165, 1.54) is 0 Å². The standard InChI is InChI=1S/C20H26N2O4.ClH/c1-24-16-8-4-6-14(10-16)20(15-7-5-9-17(11-15)25-2)22-19(23)12-18(13-21)26-3;/h4-11,18,20H,12-13,21H2,1-3H3,(H,22,23);1H. The van der Waals surface area contributed by atoms with Crippen molar-refractivity contribution >= 4 is 18.3 Å². The van der Waals surface area contributed by atoms with E-state index in [-0.39, 0.29) is 43.4 Å². The van der Waals surface area contributed by atoms with Crippen molar-refractivity contribution in [3.8, 4) is 11.5 Å². The lowest BCUT2D eigenvalue weighted by atomic mass is 9.97. The number of hydrogen-bond acceptors (Lipinski definition) is 5. The van der Waals surface area contributed by atoms with Gasteiger partial charge in [-0.2, -0.15) is 0 Å². The minimum absolute atomic E-state index is 0. The average Bonchev–Trinajstić information content (AvgIpc) is 2.70. The molecule has 27 heavy (non-hydrogen) atoms. The molecular formula is C20H27ClN2O4. The molecule has 1 atom stereocenters. The molecule has 2 aromatic carbocycles. The number of benzene rings is 2. The molecule has 1 unspecified atom stereocenters. The molecule has 7 heteroatoms. The molecule has 0 aliphatic rings. The monoisotopic (exact) mass is 394 g/mol. The zero-order valence-electron chi connectivity index (χ0n) is 15.8. The molecule has 6 nitrogen and oxygen atoms in total. The number of nitrogens with one attached hydrogen (secondary N) is 1. The van der Waals surface area contributed by atoms with E-state index in [0.29, 0.717) is 0 Å². The van der Waals surface area contributed by atoms with E-state index in [2.05, 4.69) is 5.32 Å². The van der Waals surface area contributed by atoms with Gasteiger partial charge in [-0.15, -0.1) is 12.4 Å². The van der Waals surface area contributed by atoms with Crippen LogP contribution in [0.5, 0.6) is 11.5 Å². The van der Waals surface area contributed by atoms with Crippen LogP contribution >= 0.6 is 12.4 Å². The second kappa shape index (κ2) is 11.4. The third kappa shape index (κ3) is 6.43. The van der Waals surface area contributed by atoms with E-state index in [0.717, 1.165) is 22.6 Å². The molecule has 2 aromatic rings. The van der Waals surface area contributed by atoms with Crippen molar-refractivity contribution in [1.29, 1.82) is 0 Å². The van der Waals surface area contributed by atoms with Crippen LogP contribution in [0.4, 0.5) is 0 Å². The summed E-state index contributed by atoms with van der Waals surface area (Å²) in [5.74, 6) is 1.31. The van der Waals surface area contributed by atoms with Crippen LogP contribution in [0.3, 0.4) is 0 Å². The lowest BCUT2D eigenvalue weighted by Gasteiger charge is -2.22. The Morgan fingerprint density at radius 3 is 1.93 bits per heavy atom. The summed E-state index contributed by atoms with van der Waals surface area (Å²) in [7, 11) is 4.78. The normalized spacial score (nSPS) is 11.4. The maximum Gasteiger partial charge on any atom is 0.223 e. The van der Waals surface area contributed by atoms with E-state index >= 15 is 0 Å². The van der Waals surface area contributed by atoms with Gasteiger partial charge in [0.2, 0.25) is 5.91 Å². The molecule has 0 heterocycles. The Bertz CT molecular complexity index is 675. The second-order valence-electron chi connectivity index (χ2n) is 5.85. The first kappa shape index (κ1) is 22.8. The number of carbonyl (C=O) groups excluding carboxylic acids is 1. The minimum Gasteiger partial charge on any atom is -0.497 e. The topological polar surface area (TPSA) is 82.8 Å². The van der Waals surface area contributed by atoms with Crippen molar-refractivity contribution in [3.05, 3.63) is 59.7 Å². The number of halogens is 1. The Hall–Kier alpha value is -2.28. The fourth-order valence-electron chi connectivity index (χ4n) is 2.69. The average molecular weight is 395 g/mol. The molecule has 1 amide bonds. The highest BCUT2D eigenvalue weighted by Crippen LogP contribution is 2.27. The zero-order chi connectivity index (χ0) is 18.9. The van der Waals surface area contributed by atoms with Gasteiger partial charge in [-0.1, -0.05) is 24.3 Å². The molecule has 0 saturated heterocycles. The summed E-state index contributed by atoms with van der Waals surface area (Å²) in [6.07, 6.45) is -0.122. The lowest BCUT2D eigenvalue weighted by Crippen LogP contribution is -2.34. The third-order valence-corrected chi connectivity index (χ3v) is 4.17. The predicted molar refractivity (Wildman–Crippen MR) is 108 cm³/mol. The molecule has 0 saturated carbocycles. The van der Waals surface area contributed by atoms with Crippen molar-refractivity contribution in [1.82, 2.24) is 5.32 Å². The maximum absolute atomic E-state index is 12.5. The smallest absolute Gasteiger partial charge is 0.223 e. The van der Waals surface area contributed by atoms with Crippen LogP contribution in [-0.2, 0) is 9.53 Å². The Morgan fingerprint density at radius 2 is 1.52 bits per heavy atom. The van der Waals surface area contributed by atoms with Crippen LogP contribution in [-0.4, -0.2) is 39.9 Å². The largest absolute Gasteiger partial charge is 0.497 e.